The molecule has 0 aliphatic carbocycles. The van der Waals surface area contributed by atoms with Crippen molar-refractivity contribution >= 4 is 10.0 Å². The van der Waals surface area contributed by atoms with Crippen LogP contribution in [0.15, 0.2) is 23.2 Å². The first kappa shape index (κ1) is 15.4. The van der Waals surface area contributed by atoms with E-state index in [4.69, 9.17) is 10.5 Å². The predicted octanol–water partition coefficient (Wildman–Crippen LogP) is 0.728. The largest absolute Gasteiger partial charge is 0.375 e. The minimum absolute atomic E-state index is 0.0937. The molecule has 0 aromatic carbocycles. The zero-order chi connectivity index (χ0) is 14.8. The molecular weight excluding hydrogens is 278 g/mol. The van der Waals surface area contributed by atoms with E-state index in [-0.39, 0.29) is 17.0 Å². The predicted molar refractivity (Wildman–Crippen MR) is 75.5 cm³/mol. The van der Waals surface area contributed by atoms with E-state index in [9.17, 15) is 8.42 Å². The molecule has 2 N–H and O–H groups in total. The first-order valence-electron chi connectivity index (χ1n) is 6.77. The zero-order valence-electron chi connectivity index (χ0n) is 11.8. The van der Waals surface area contributed by atoms with Crippen LogP contribution in [0.2, 0.25) is 0 Å². The van der Waals surface area contributed by atoms with Crippen LogP contribution < -0.4 is 5.73 Å². The molecule has 7 heteroatoms. The number of aromatic nitrogens is 1. The number of pyridine rings is 1. The van der Waals surface area contributed by atoms with Gasteiger partial charge in [-0.1, -0.05) is 6.92 Å². The number of sulfonamides is 1. The van der Waals surface area contributed by atoms with E-state index >= 15 is 0 Å². The highest BCUT2D eigenvalue weighted by Gasteiger charge is 2.35. The van der Waals surface area contributed by atoms with Crippen molar-refractivity contribution in [3.8, 4) is 0 Å². The van der Waals surface area contributed by atoms with E-state index in [1.807, 2.05) is 13.8 Å². The van der Waals surface area contributed by atoms with Crippen LogP contribution in [-0.4, -0.2) is 43.0 Å². The lowest BCUT2D eigenvalue weighted by Crippen LogP contribution is -2.51. The van der Waals surface area contributed by atoms with E-state index < -0.39 is 10.0 Å². The van der Waals surface area contributed by atoms with Crippen LogP contribution in [0.1, 0.15) is 26.0 Å². The van der Waals surface area contributed by atoms with Gasteiger partial charge in [-0.25, -0.2) is 8.42 Å². The quantitative estimate of drug-likeness (QED) is 0.886. The van der Waals surface area contributed by atoms with Crippen LogP contribution in [0.3, 0.4) is 0 Å². The van der Waals surface area contributed by atoms with Gasteiger partial charge in [0.25, 0.3) is 0 Å². The summed E-state index contributed by atoms with van der Waals surface area (Å²) >= 11 is 0. The second-order valence-corrected chi connectivity index (χ2v) is 6.86. The fourth-order valence-electron chi connectivity index (χ4n) is 2.25. The fourth-order valence-corrected chi connectivity index (χ4v) is 3.95. The Morgan fingerprint density at radius 2 is 2.25 bits per heavy atom. The van der Waals surface area contributed by atoms with Crippen molar-refractivity contribution in [2.75, 3.05) is 13.2 Å². The summed E-state index contributed by atoms with van der Waals surface area (Å²) in [5, 5.41) is 0. The summed E-state index contributed by atoms with van der Waals surface area (Å²) in [4.78, 5) is 4.28. The molecule has 2 rings (SSSR count). The van der Waals surface area contributed by atoms with Crippen LogP contribution in [0.4, 0.5) is 0 Å². The van der Waals surface area contributed by atoms with E-state index in [1.165, 1.54) is 10.5 Å². The van der Waals surface area contributed by atoms with Crippen molar-refractivity contribution < 1.29 is 13.2 Å². The molecule has 0 bridgehead atoms. The van der Waals surface area contributed by atoms with Gasteiger partial charge in [-0.2, -0.15) is 4.31 Å². The monoisotopic (exact) mass is 299 g/mol. The molecule has 6 nitrogen and oxygen atoms in total. The van der Waals surface area contributed by atoms with Crippen LogP contribution in [-0.2, 0) is 21.3 Å². The summed E-state index contributed by atoms with van der Waals surface area (Å²) in [6.07, 6.45) is 2.01. The van der Waals surface area contributed by atoms with Gasteiger partial charge in [-0.15, -0.1) is 0 Å². The molecule has 0 radical (unpaired) electrons. The Morgan fingerprint density at radius 3 is 2.80 bits per heavy atom. The Morgan fingerprint density at radius 1 is 1.50 bits per heavy atom. The van der Waals surface area contributed by atoms with Crippen LogP contribution in [0, 0.1) is 0 Å². The lowest BCUT2D eigenvalue weighted by atomic mass is 10.2. The lowest BCUT2D eigenvalue weighted by Gasteiger charge is -2.37. The molecule has 0 amide bonds. The Labute approximate surface area is 120 Å². The number of nitrogens with zero attached hydrogens (tertiary/aromatic N) is 2. The molecule has 2 atom stereocenters. The Kier molecular flexibility index (Phi) is 4.74. The van der Waals surface area contributed by atoms with Gasteiger partial charge >= 0.3 is 0 Å². The molecule has 2 unspecified atom stereocenters. The number of morpholine rings is 1. The molecule has 1 fully saturated rings. The van der Waals surface area contributed by atoms with Gasteiger partial charge in [0.05, 0.1) is 18.4 Å². The second-order valence-electron chi connectivity index (χ2n) is 4.97. The van der Waals surface area contributed by atoms with E-state index in [0.717, 1.165) is 6.42 Å². The molecule has 1 saturated heterocycles. The number of ether oxygens (including phenoxy) is 1. The smallest absolute Gasteiger partial charge is 0.245 e. The van der Waals surface area contributed by atoms with Crippen molar-refractivity contribution in [3.63, 3.8) is 0 Å². The maximum absolute atomic E-state index is 12.7. The van der Waals surface area contributed by atoms with Crippen molar-refractivity contribution in [1.82, 2.24) is 9.29 Å². The Balaban J connectivity index is 2.31. The van der Waals surface area contributed by atoms with E-state index in [0.29, 0.717) is 25.4 Å². The van der Waals surface area contributed by atoms with Crippen molar-refractivity contribution in [1.29, 1.82) is 0 Å². The average Bonchev–Trinajstić information content (AvgIpc) is 2.47. The molecule has 0 saturated carbocycles. The Hall–Kier alpha value is -1.02. The highest BCUT2D eigenvalue weighted by molar-refractivity contribution is 7.89. The average molecular weight is 299 g/mol. The second kappa shape index (κ2) is 6.17. The first-order chi connectivity index (χ1) is 9.48. The molecular formula is C13H21N3O3S. The summed E-state index contributed by atoms with van der Waals surface area (Å²) in [5.74, 6) is 0. The molecule has 0 spiro atoms. The van der Waals surface area contributed by atoms with Gasteiger partial charge in [0.1, 0.15) is 4.90 Å². The minimum atomic E-state index is -3.53. The van der Waals surface area contributed by atoms with Crippen LogP contribution >= 0.6 is 0 Å². The number of hydrogen-bond acceptors (Lipinski definition) is 5. The van der Waals surface area contributed by atoms with Crippen LogP contribution in [0.25, 0.3) is 0 Å². The third-order valence-electron chi connectivity index (χ3n) is 3.50. The van der Waals surface area contributed by atoms with Gasteiger partial charge < -0.3 is 10.5 Å². The molecule has 20 heavy (non-hydrogen) atoms. The Bertz CT molecular complexity index is 544. The van der Waals surface area contributed by atoms with E-state index in [2.05, 4.69) is 4.98 Å². The highest BCUT2D eigenvalue weighted by atomic mass is 32.2. The molecule has 1 aliphatic heterocycles. The van der Waals surface area contributed by atoms with Gasteiger partial charge in [0.2, 0.25) is 10.0 Å². The normalized spacial score (nSPS) is 24.8. The SMILES string of the molecule is CCC1COC(C)CN1S(=O)(=O)c1ccc(CN)nc1. The number of hydrogen-bond donors (Lipinski definition) is 1. The summed E-state index contributed by atoms with van der Waals surface area (Å²) in [6.45, 7) is 4.95. The standard InChI is InChI=1S/C13H21N3O3S/c1-3-12-9-19-10(2)8-16(12)20(17,18)13-5-4-11(6-14)15-7-13/h4-5,7,10,12H,3,6,8-9,14H2,1-2H3. The first-order valence-corrected chi connectivity index (χ1v) is 8.21. The van der Waals surface area contributed by atoms with Crippen LogP contribution in [0.5, 0.6) is 0 Å². The molecule has 1 aromatic heterocycles. The van der Waals surface area contributed by atoms with Crippen molar-refractivity contribution in [3.05, 3.63) is 24.0 Å². The van der Waals surface area contributed by atoms with E-state index in [1.54, 1.807) is 12.1 Å². The minimum Gasteiger partial charge on any atom is -0.375 e. The van der Waals surface area contributed by atoms with Crippen molar-refractivity contribution in [2.45, 2.75) is 43.9 Å². The molecule has 2 heterocycles. The summed E-state index contributed by atoms with van der Waals surface area (Å²) in [6, 6.07) is 3.10. The number of nitrogens with two attached hydrogens (primary N) is 1. The third kappa shape index (κ3) is 3.01. The maximum Gasteiger partial charge on any atom is 0.245 e. The van der Waals surface area contributed by atoms with Gasteiger partial charge in [0.15, 0.2) is 0 Å². The molecule has 112 valence electrons. The summed E-state index contributed by atoms with van der Waals surface area (Å²) < 4.78 is 32.5. The van der Waals surface area contributed by atoms with Gasteiger partial charge in [-0.3, -0.25) is 4.98 Å². The third-order valence-corrected chi connectivity index (χ3v) is 5.40. The van der Waals surface area contributed by atoms with Crippen molar-refractivity contribution in [2.24, 2.45) is 5.73 Å². The van der Waals surface area contributed by atoms with Gasteiger partial charge in [-0.05, 0) is 25.5 Å². The lowest BCUT2D eigenvalue weighted by molar-refractivity contribution is -0.0230. The summed E-state index contributed by atoms with van der Waals surface area (Å²) in [5.41, 5.74) is 6.15. The summed E-state index contributed by atoms with van der Waals surface area (Å²) in [7, 11) is -3.53. The molecule has 1 aliphatic rings. The molecule has 1 aromatic rings. The fraction of sp³-hybridized carbons (Fsp3) is 0.615. The highest BCUT2D eigenvalue weighted by Crippen LogP contribution is 2.23. The number of rotatable bonds is 4. The van der Waals surface area contributed by atoms with Gasteiger partial charge in [0, 0.05) is 25.3 Å². The topological polar surface area (TPSA) is 85.5 Å². The zero-order valence-corrected chi connectivity index (χ0v) is 12.6. The maximum atomic E-state index is 12.7.